The number of amides is 1. The highest BCUT2D eigenvalue weighted by Gasteiger charge is 2.29. The van der Waals surface area contributed by atoms with E-state index in [1.54, 1.807) is 30.6 Å². The number of methoxy groups -OCH3 is 1. The van der Waals surface area contributed by atoms with E-state index in [-0.39, 0.29) is 5.91 Å². The minimum Gasteiger partial charge on any atom is -0.465 e. The third kappa shape index (κ3) is 5.00. The number of likely N-dealkylation sites (N-methyl/N-ethyl adjacent to an activating group) is 1. The Morgan fingerprint density at radius 3 is 2.53 bits per heavy atom. The van der Waals surface area contributed by atoms with Crippen LogP contribution in [0.2, 0.25) is 0 Å². The van der Waals surface area contributed by atoms with Gasteiger partial charge in [0.2, 0.25) is 0 Å². The summed E-state index contributed by atoms with van der Waals surface area (Å²) in [6.07, 6.45) is 3.41. The van der Waals surface area contributed by atoms with Gasteiger partial charge in [-0.3, -0.25) is 14.7 Å². The summed E-state index contributed by atoms with van der Waals surface area (Å²) in [6, 6.07) is 17.1. The van der Waals surface area contributed by atoms with Gasteiger partial charge in [-0.15, -0.1) is 0 Å². The van der Waals surface area contributed by atoms with E-state index in [2.05, 4.69) is 44.6 Å². The van der Waals surface area contributed by atoms with Gasteiger partial charge in [0.15, 0.2) is 0 Å². The molecule has 1 saturated heterocycles. The molecule has 0 saturated carbocycles. The molecule has 5 rings (SSSR count). The number of rotatable bonds is 6. The van der Waals surface area contributed by atoms with Crippen LogP contribution >= 0.6 is 0 Å². The Bertz CT molecular complexity index is 1300. The highest BCUT2D eigenvalue weighted by Crippen LogP contribution is 2.38. The maximum Gasteiger partial charge on any atom is 0.337 e. The smallest absolute Gasteiger partial charge is 0.337 e. The second kappa shape index (κ2) is 10.3. The van der Waals surface area contributed by atoms with Crippen LogP contribution in [0.3, 0.4) is 0 Å². The lowest BCUT2D eigenvalue weighted by atomic mass is 9.99. The zero-order chi connectivity index (χ0) is 25.1. The van der Waals surface area contributed by atoms with Crippen molar-refractivity contribution < 1.29 is 14.3 Å². The van der Waals surface area contributed by atoms with Crippen LogP contribution in [0.25, 0.3) is 11.3 Å². The number of piperazine rings is 1. The lowest BCUT2D eigenvalue weighted by Crippen LogP contribution is -2.43. The van der Waals surface area contributed by atoms with Crippen LogP contribution in [-0.2, 0) is 16.1 Å². The number of pyridine rings is 1. The van der Waals surface area contributed by atoms with E-state index in [1.807, 2.05) is 24.3 Å². The van der Waals surface area contributed by atoms with Gasteiger partial charge in [-0.2, -0.15) is 0 Å². The largest absolute Gasteiger partial charge is 0.465 e. The molecule has 1 aromatic heterocycles. The zero-order valence-electron chi connectivity index (χ0n) is 20.5. The fourth-order valence-electron chi connectivity index (χ4n) is 4.55. The van der Waals surface area contributed by atoms with Crippen molar-refractivity contribution in [2.45, 2.75) is 6.54 Å². The molecule has 0 radical (unpaired) electrons. The van der Waals surface area contributed by atoms with Gasteiger partial charge in [0, 0.05) is 67.6 Å². The molecule has 36 heavy (non-hydrogen) atoms. The van der Waals surface area contributed by atoms with Gasteiger partial charge in [-0.25, -0.2) is 4.79 Å². The Balaban J connectivity index is 1.47. The van der Waals surface area contributed by atoms with E-state index in [4.69, 9.17) is 4.74 Å². The molecular weight excluding hydrogens is 454 g/mol. The number of hydrogen-bond acceptors (Lipinski definition) is 7. The quantitative estimate of drug-likeness (QED) is 0.410. The van der Waals surface area contributed by atoms with Crippen molar-refractivity contribution in [2.24, 2.45) is 0 Å². The second-order valence-corrected chi connectivity index (χ2v) is 9.10. The van der Waals surface area contributed by atoms with Gasteiger partial charge in [0.1, 0.15) is 0 Å². The van der Waals surface area contributed by atoms with Crippen LogP contribution in [0, 0.1) is 0 Å². The predicted molar refractivity (Wildman–Crippen MR) is 140 cm³/mol. The summed E-state index contributed by atoms with van der Waals surface area (Å²) >= 11 is 0. The maximum atomic E-state index is 13.1. The summed E-state index contributed by atoms with van der Waals surface area (Å²) in [6.45, 7) is 5.22. The van der Waals surface area contributed by atoms with Crippen molar-refractivity contribution in [3.8, 4) is 0 Å². The van der Waals surface area contributed by atoms with E-state index in [1.165, 1.54) is 12.7 Å². The molecule has 8 heteroatoms. The number of fused-ring (bicyclic) bond motifs is 1. The van der Waals surface area contributed by atoms with Crippen molar-refractivity contribution in [1.82, 2.24) is 14.8 Å². The summed E-state index contributed by atoms with van der Waals surface area (Å²) in [4.78, 5) is 34.3. The fraction of sp³-hybridized carbons (Fsp3) is 0.250. The first kappa shape index (κ1) is 23.7. The van der Waals surface area contributed by atoms with E-state index >= 15 is 0 Å². The first-order chi connectivity index (χ1) is 17.5. The molecule has 0 atom stereocenters. The minimum atomic E-state index is -0.455. The van der Waals surface area contributed by atoms with E-state index < -0.39 is 5.97 Å². The Morgan fingerprint density at radius 1 is 1.06 bits per heavy atom. The highest BCUT2D eigenvalue weighted by molar-refractivity contribution is 6.37. The van der Waals surface area contributed by atoms with E-state index in [0.29, 0.717) is 28.1 Å². The molecule has 0 unspecified atom stereocenters. The average molecular weight is 484 g/mol. The number of benzene rings is 2. The number of nitrogens with one attached hydrogen (secondary N) is 2. The molecule has 3 aromatic rings. The lowest BCUT2D eigenvalue weighted by molar-refractivity contribution is -0.110. The minimum absolute atomic E-state index is 0.245. The molecule has 3 heterocycles. The summed E-state index contributed by atoms with van der Waals surface area (Å²) in [5.74, 6) is -0.701. The summed E-state index contributed by atoms with van der Waals surface area (Å²) in [5, 5.41) is 6.36. The first-order valence-electron chi connectivity index (χ1n) is 12.0. The fourth-order valence-corrected chi connectivity index (χ4v) is 4.55. The van der Waals surface area contributed by atoms with Gasteiger partial charge >= 0.3 is 5.97 Å². The Morgan fingerprint density at radius 2 is 1.83 bits per heavy atom. The zero-order valence-corrected chi connectivity index (χ0v) is 20.5. The number of carbonyl (C=O) groups excluding carboxylic acids is 2. The van der Waals surface area contributed by atoms with Gasteiger partial charge < -0.3 is 20.3 Å². The van der Waals surface area contributed by atoms with Crippen LogP contribution in [-0.4, -0.2) is 67.0 Å². The SMILES string of the molecule is COC(=O)c1ccc2c(c1)/C(=C(/Nc1ccc(CN3CCN(C)CC3)cc1)c1cccnc1)C(=O)N2. The van der Waals surface area contributed by atoms with Gasteiger partial charge in [0.25, 0.3) is 5.91 Å². The van der Waals surface area contributed by atoms with Gasteiger partial charge in [-0.05, 0) is 55.1 Å². The maximum absolute atomic E-state index is 13.1. The third-order valence-corrected chi connectivity index (χ3v) is 6.61. The number of hydrogen-bond donors (Lipinski definition) is 2. The number of carbonyl (C=O) groups is 2. The molecule has 184 valence electrons. The molecular formula is C28H29N5O3. The predicted octanol–water partition coefficient (Wildman–Crippen LogP) is 3.55. The Kier molecular flexibility index (Phi) is 6.79. The van der Waals surface area contributed by atoms with Crippen LogP contribution in [0.15, 0.2) is 67.0 Å². The molecule has 0 aliphatic carbocycles. The van der Waals surface area contributed by atoms with E-state index in [0.717, 1.165) is 44.0 Å². The normalized spacial score (nSPS) is 17.3. The van der Waals surface area contributed by atoms with Crippen LogP contribution in [0.4, 0.5) is 11.4 Å². The topological polar surface area (TPSA) is 86.8 Å². The Labute approximate surface area is 210 Å². The molecule has 1 amide bonds. The number of ether oxygens (including phenoxy) is 1. The van der Waals surface area contributed by atoms with Crippen molar-refractivity contribution in [2.75, 3.05) is 51.0 Å². The van der Waals surface area contributed by atoms with Crippen LogP contribution < -0.4 is 10.6 Å². The molecule has 8 nitrogen and oxygen atoms in total. The summed E-state index contributed by atoms with van der Waals surface area (Å²) in [7, 11) is 3.50. The summed E-state index contributed by atoms with van der Waals surface area (Å²) < 4.78 is 4.88. The van der Waals surface area contributed by atoms with Crippen molar-refractivity contribution in [1.29, 1.82) is 0 Å². The molecule has 2 aromatic carbocycles. The molecule has 0 spiro atoms. The molecule has 0 bridgehead atoms. The number of nitrogens with zero attached hydrogens (tertiary/aromatic N) is 3. The van der Waals surface area contributed by atoms with Crippen LogP contribution in [0.1, 0.15) is 27.0 Å². The van der Waals surface area contributed by atoms with E-state index in [9.17, 15) is 9.59 Å². The first-order valence-corrected chi connectivity index (χ1v) is 12.0. The van der Waals surface area contributed by atoms with Crippen LogP contribution in [0.5, 0.6) is 0 Å². The van der Waals surface area contributed by atoms with Crippen molar-refractivity contribution in [3.05, 3.63) is 89.2 Å². The number of anilines is 2. The molecule has 1 fully saturated rings. The number of aromatic nitrogens is 1. The Hall–Kier alpha value is -4.01. The molecule has 2 aliphatic rings. The molecule has 2 aliphatic heterocycles. The lowest BCUT2D eigenvalue weighted by Gasteiger charge is -2.32. The van der Waals surface area contributed by atoms with Crippen molar-refractivity contribution >= 4 is 34.5 Å². The van der Waals surface area contributed by atoms with Gasteiger partial charge in [0.05, 0.1) is 23.9 Å². The summed E-state index contributed by atoms with van der Waals surface area (Å²) in [5.41, 5.74) is 5.60. The average Bonchev–Trinajstić information content (AvgIpc) is 3.24. The monoisotopic (exact) mass is 483 g/mol. The highest BCUT2D eigenvalue weighted by atomic mass is 16.5. The second-order valence-electron chi connectivity index (χ2n) is 9.10. The molecule has 2 N–H and O–H groups in total. The van der Waals surface area contributed by atoms with Crippen molar-refractivity contribution in [3.63, 3.8) is 0 Å². The standard InChI is InChI=1S/C28H29N5O3/c1-32-12-14-33(15-13-32)18-19-5-8-22(9-6-19)30-26(21-4-3-11-29-17-21)25-23-16-20(28(35)36-2)7-10-24(23)31-27(25)34/h3-11,16-17,30H,12-15,18H2,1-2H3,(H,31,34)/b26-25-. The van der Waals surface area contributed by atoms with Gasteiger partial charge in [-0.1, -0.05) is 12.1 Å². The third-order valence-electron chi connectivity index (χ3n) is 6.61. The number of esters is 1.